The van der Waals surface area contributed by atoms with Crippen molar-refractivity contribution in [2.24, 2.45) is 5.14 Å². The summed E-state index contributed by atoms with van der Waals surface area (Å²) in [6.45, 7) is 1.61. The van der Waals surface area contributed by atoms with Crippen LogP contribution in [-0.2, 0) is 10.0 Å². The van der Waals surface area contributed by atoms with Crippen molar-refractivity contribution in [1.29, 1.82) is 0 Å². The second-order valence-electron chi connectivity index (χ2n) is 4.70. The minimum atomic E-state index is -3.91. The third-order valence-corrected chi connectivity index (χ3v) is 6.21. The first-order valence-electron chi connectivity index (χ1n) is 6.20. The van der Waals surface area contributed by atoms with Crippen LogP contribution in [0.3, 0.4) is 0 Å². The number of fused-ring (bicyclic) bond motifs is 1. The van der Waals surface area contributed by atoms with Gasteiger partial charge < -0.3 is 0 Å². The zero-order valence-electron chi connectivity index (χ0n) is 11.6. The summed E-state index contributed by atoms with van der Waals surface area (Å²) in [7, 11) is -3.91. The number of rotatable bonds is 2. The Kier molecular flexibility index (Phi) is 3.97. The third-order valence-electron chi connectivity index (χ3n) is 3.15. The molecule has 0 radical (unpaired) electrons. The molecule has 0 bridgehead atoms. The standard InChI is InChI=1S/C13H9Cl2N3O3S2/c1-6-17-12-7(5-10(22-12)23(16,20)21)13(19)18(6)11-8(14)3-2-4-9(11)15/h2-5H,1H3,(H2,16,20,21). The molecule has 6 nitrogen and oxygen atoms in total. The summed E-state index contributed by atoms with van der Waals surface area (Å²) in [5.41, 5.74) is -0.162. The average Bonchev–Trinajstić information content (AvgIpc) is 2.86. The van der Waals surface area contributed by atoms with Crippen molar-refractivity contribution >= 4 is 54.8 Å². The van der Waals surface area contributed by atoms with E-state index in [1.54, 1.807) is 25.1 Å². The van der Waals surface area contributed by atoms with E-state index < -0.39 is 15.6 Å². The summed E-state index contributed by atoms with van der Waals surface area (Å²) in [6, 6.07) is 6.07. The number of aromatic nitrogens is 2. The molecule has 0 atom stereocenters. The summed E-state index contributed by atoms with van der Waals surface area (Å²) in [6.07, 6.45) is 0. The molecule has 2 N–H and O–H groups in total. The van der Waals surface area contributed by atoms with E-state index >= 15 is 0 Å². The topological polar surface area (TPSA) is 95.1 Å². The van der Waals surface area contributed by atoms with Crippen LogP contribution >= 0.6 is 34.5 Å². The molecule has 2 heterocycles. The highest BCUT2D eigenvalue weighted by Crippen LogP contribution is 2.30. The van der Waals surface area contributed by atoms with Crippen LogP contribution in [0, 0.1) is 6.92 Å². The molecular weight excluding hydrogens is 381 g/mol. The maximum Gasteiger partial charge on any atom is 0.266 e. The number of aryl methyl sites for hydroxylation is 1. The number of benzene rings is 1. The van der Waals surface area contributed by atoms with E-state index in [2.05, 4.69) is 4.98 Å². The van der Waals surface area contributed by atoms with Crippen LogP contribution in [0.5, 0.6) is 0 Å². The fraction of sp³-hybridized carbons (Fsp3) is 0.0769. The average molecular weight is 390 g/mol. The lowest BCUT2D eigenvalue weighted by Gasteiger charge is -2.12. The molecule has 3 aromatic rings. The molecule has 120 valence electrons. The van der Waals surface area contributed by atoms with Crippen molar-refractivity contribution in [2.75, 3.05) is 0 Å². The second-order valence-corrected chi connectivity index (χ2v) is 8.33. The normalized spacial score (nSPS) is 12.0. The first-order valence-corrected chi connectivity index (χ1v) is 9.32. The molecular formula is C13H9Cl2N3O3S2. The van der Waals surface area contributed by atoms with Gasteiger partial charge in [0.25, 0.3) is 5.56 Å². The number of hydrogen-bond donors (Lipinski definition) is 1. The molecule has 2 aromatic heterocycles. The number of halogens is 2. The highest BCUT2D eigenvalue weighted by molar-refractivity contribution is 7.91. The van der Waals surface area contributed by atoms with Crippen molar-refractivity contribution in [3.8, 4) is 5.69 Å². The van der Waals surface area contributed by atoms with Gasteiger partial charge in [0.05, 0.1) is 21.1 Å². The van der Waals surface area contributed by atoms with Gasteiger partial charge in [0.1, 0.15) is 14.9 Å². The molecule has 0 unspecified atom stereocenters. The van der Waals surface area contributed by atoms with Crippen molar-refractivity contribution in [3.63, 3.8) is 0 Å². The van der Waals surface area contributed by atoms with Crippen LogP contribution in [0.4, 0.5) is 0 Å². The van der Waals surface area contributed by atoms with Crippen molar-refractivity contribution < 1.29 is 8.42 Å². The minimum absolute atomic E-state index is 0.125. The number of nitrogens with zero attached hydrogens (tertiary/aromatic N) is 2. The monoisotopic (exact) mass is 389 g/mol. The van der Waals surface area contributed by atoms with Gasteiger partial charge in [-0.3, -0.25) is 9.36 Å². The zero-order valence-corrected chi connectivity index (χ0v) is 14.7. The Morgan fingerprint density at radius 1 is 1.26 bits per heavy atom. The van der Waals surface area contributed by atoms with E-state index in [0.29, 0.717) is 11.5 Å². The van der Waals surface area contributed by atoms with Gasteiger partial charge in [-0.05, 0) is 25.1 Å². The van der Waals surface area contributed by atoms with Crippen molar-refractivity contribution in [2.45, 2.75) is 11.1 Å². The Labute approximate surface area is 145 Å². The summed E-state index contributed by atoms with van der Waals surface area (Å²) in [4.78, 5) is 17.3. The van der Waals surface area contributed by atoms with Crippen LogP contribution in [0.25, 0.3) is 15.9 Å². The van der Waals surface area contributed by atoms with E-state index in [9.17, 15) is 13.2 Å². The molecule has 0 saturated heterocycles. The quantitative estimate of drug-likeness (QED) is 0.728. The van der Waals surface area contributed by atoms with Crippen molar-refractivity contribution in [3.05, 3.63) is 50.5 Å². The summed E-state index contributed by atoms with van der Waals surface area (Å²) >= 11 is 13.1. The summed E-state index contributed by atoms with van der Waals surface area (Å²) < 4.78 is 24.1. The van der Waals surface area contributed by atoms with Gasteiger partial charge in [-0.15, -0.1) is 11.3 Å². The van der Waals surface area contributed by atoms with Gasteiger partial charge in [-0.25, -0.2) is 18.5 Å². The van der Waals surface area contributed by atoms with Crippen LogP contribution in [0.1, 0.15) is 5.82 Å². The maximum atomic E-state index is 12.8. The lowest BCUT2D eigenvalue weighted by atomic mass is 10.3. The predicted molar refractivity (Wildman–Crippen MR) is 91.3 cm³/mol. The van der Waals surface area contributed by atoms with Gasteiger partial charge in [0.15, 0.2) is 0 Å². The molecule has 0 aliphatic heterocycles. The molecule has 0 aliphatic carbocycles. The van der Waals surface area contributed by atoms with Gasteiger partial charge in [0.2, 0.25) is 10.0 Å². The van der Waals surface area contributed by atoms with Crippen LogP contribution in [0.2, 0.25) is 10.0 Å². The molecule has 0 amide bonds. The Morgan fingerprint density at radius 3 is 2.43 bits per heavy atom. The fourth-order valence-electron chi connectivity index (χ4n) is 2.17. The number of para-hydroxylation sites is 1. The highest BCUT2D eigenvalue weighted by Gasteiger charge is 2.20. The van der Waals surface area contributed by atoms with E-state index in [1.165, 1.54) is 10.6 Å². The van der Waals surface area contributed by atoms with Gasteiger partial charge in [0, 0.05) is 0 Å². The molecule has 23 heavy (non-hydrogen) atoms. The highest BCUT2D eigenvalue weighted by atomic mass is 35.5. The Bertz CT molecular complexity index is 1080. The SMILES string of the molecule is Cc1nc2sc(S(N)(=O)=O)cc2c(=O)n1-c1c(Cl)cccc1Cl. The smallest absolute Gasteiger partial charge is 0.266 e. The van der Waals surface area contributed by atoms with E-state index in [-0.39, 0.29) is 24.5 Å². The molecule has 0 fully saturated rings. The number of nitrogens with two attached hydrogens (primary N) is 1. The van der Waals surface area contributed by atoms with Crippen LogP contribution in [-0.4, -0.2) is 18.0 Å². The van der Waals surface area contributed by atoms with Crippen molar-refractivity contribution in [1.82, 2.24) is 9.55 Å². The second kappa shape index (κ2) is 5.57. The number of sulfonamides is 1. The molecule has 1 aromatic carbocycles. The first kappa shape index (κ1) is 16.4. The summed E-state index contributed by atoms with van der Waals surface area (Å²) in [5.74, 6) is 0.334. The Morgan fingerprint density at radius 2 is 1.87 bits per heavy atom. The number of primary sulfonamides is 1. The minimum Gasteiger partial charge on any atom is -0.268 e. The lowest BCUT2D eigenvalue weighted by Crippen LogP contribution is -2.22. The fourth-order valence-corrected chi connectivity index (χ4v) is 4.52. The summed E-state index contributed by atoms with van der Waals surface area (Å²) in [5, 5.41) is 5.82. The third kappa shape index (κ3) is 2.77. The Hall–Kier alpha value is -1.45. The molecule has 0 saturated carbocycles. The van der Waals surface area contributed by atoms with Crippen LogP contribution < -0.4 is 10.7 Å². The molecule has 0 spiro atoms. The molecule has 0 aliphatic rings. The number of thiophene rings is 1. The van der Waals surface area contributed by atoms with E-state index in [4.69, 9.17) is 28.3 Å². The number of hydrogen-bond acceptors (Lipinski definition) is 5. The first-order chi connectivity index (χ1) is 10.7. The van der Waals surface area contributed by atoms with E-state index in [0.717, 1.165) is 11.3 Å². The predicted octanol–water partition coefficient (Wildman–Crippen LogP) is 2.71. The van der Waals surface area contributed by atoms with Crippen LogP contribution in [0.15, 0.2) is 33.3 Å². The van der Waals surface area contributed by atoms with Gasteiger partial charge in [-0.2, -0.15) is 0 Å². The maximum absolute atomic E-state index is 12.8. The molecule has 10 heteroatoms. The zero-order chi connectivity index (χ0) is 16.9. The van der Waals surface area contributed by atoms with Gasteiger partial charge >= 0.3 is 0 Å². The molecule has 3 rings (SSSR count). The lowest BCUT2D eigenvalue weighted by molar-refractivity contribution is 0.600. The van der Waals surface area contributed by atoms with Gasteiger partial charge in [-0.1, -0.05) is 29.3 Å². The largest absolute Gasteiger partial charge is 0.268 e. The van der Waals surface area contributed by atoms with E-state index in [1.807, 2.05) is 0 Å². The Balaban J connectivity index is 2.42.